The van der Waals surface area contributed by atoms with Gasteiger partial charge >= 0.3 is 7.12 Å². The van der Waals surface area contributed by atoms with E-state index in [1.807, 2.05) is 84.9 Å². The Bertz CT molecular complexity index is 1900. The van der Waals surface area contributed by atoms with E-state index < -0.39 is 19.0 Å². The van der Waals surface area contributed by atoms with Crippen LogP contribution in [0.5, 0.6) is 5.75 Å². The Morgan fingerprint density at radius 3 is 2.35 bits per heavy atom. The highest BCUT2D eigenvalue weighted by atomic mass is 16.5. The first-order chi connectivity index (χ1) is 23.3. The minimum Gasteiger partial charge on any atom is -0.507 e. The van der Waals surface area contributed by atoms with Crippen LogP contribution >= 0.6 is 0 Å². The second-order valence-electron chi connectivity index (χ2n) is 13.4. The van der Waals surface area contributed by atoms with E-state index in [9.17, 15) is 19.7 Å². The molecular weight excluding hydrogens is 599 g/mol. The minimum atomic E-state index is -1.00. The number of carbonyl (C=O) groups is 2. The number of imide groups is 1. The number of phenolic OH excluding ortho intramolecular Hbond substituents is 1. The van der Waals surface area contributed by atoms with Crippen molar-refractivity contribution in [2.24, 2.45) is 17.8 Å². The lowest BCUT2D eigenvalue weighted by molar-refractivity contribution is -0.122. The molecule has 0 saturated carbocycles. The standard InChI is InChI=1S/C40H41BN2O5/c1-3-9-26(23-27-15-20-35(44)32-13-8-7-12-31(27)32)14-21-36-37-25(2)22-33-38(34(37)24-41(47)48-36)40(46)43(39(33)45)30-18-16-29(17-19-30)42-28-10-5-4-6-11-28/h4-8,10-13,15-20,23,33-34,36,38,42,44,47H,3,9,14,21-22,24H2,1-2H3/b26-23+/t33-,34+,36-,38-/m1/s1. The summed E-state index contributed by atoms with van der Waals surface area (Å²) in [5, 5.41) is 26.5. The third-order valence-electron chi connectivity index (χ3n) is 10.2. The maximum absolute atomic E-state index is 14.1. The van der Waals surface area contributed by atoms with Crippen LogP contribution in [-0.4, -0.2) is 35.2 Å². The average Bonchev–Trinajstić information content (AvgIpc) is 3.34. The summed E-state index contributed by atoms with van der Waals surface area (Å²) in [5.74, 6) is -1.31. The zero-order chi connectivity index (χ0) is 33.4. The van der Waals surface area contributed by atoms with E-state index in [4.69, 9.17) is 4.65 Å². The largest absolute Gasteiger partial charge is 0.507 e. The Hall–Kier alpha value is -4.66. The Balaban J connectivity index is 1.11. The molecule has 7 nitrogen and oxygen atoms in total. The van der Waals surface area contributed by atoms with E-state index in [0.717, 1.165) is 58.1 Å². The number of rotatable bonds is 9. The number of phenols is 1. The van der Waals surface area contributed by atoms with Gasteiger partial charge in [0.15, 0.2) is 0 Å². The van der Waals surface area contributed by atoms with Crippen molar-refractivity contribution in [3.05, 3.63) is 113 Å². The number of anilines is 3. The Morgan fingerprint density at radius 2 is 1.60 bits per heavy atom. The number of hydrogen-bond donors (Lipinski definition) is 3. The minimum absolute atomic E-state index is 0.168. The van der Waals surface area contributed by atoms with Gasteiger partial charge in [0.1, 0.15) is 5.75 Å². The van der Waals surface area contributed by atoms with Gasteiger partial charge < -0.3 is 20.1 Å². The van der Waals surface area contributed by atoms with Crippen LogP contribution in [0.1, 0.15) is 51.5 Å². The van der Waals surface area contributed by atoms with E-state index in [1.165, 1.54) is 10.5 Å². The first kappa shape index (κ1) is 31.9. The van der Waals surface area contributed by atoms with Crippen molar-refractivity contribution in [2.75, 3.05) is 10.2 Å². The monoisotopic (exact) mass is 640 g/mol. The molecule has 2 saturated heterocycles. The van der Waals surface area contributed by atoms with E-state index in [2.05, 4.69) is 25.2 Å². The van der Waals surface area contributed by atoms with Crippen LogP contribution in [0.2, 0.25) is 6.32 Å². The summed E-state index contributed by atoms with van der Waals surface area (Å²) in [6.07, 6.45) is 6.03. The van der Waals surface area contributed by atoms with E-state index in [1.54, 1.807) is 6.07 Å². The van der Waals surface area contributed by atoms with Crippen LogP contribution in [0.4, 0.5) is 17.1 Å². The highest BCUT2D eigenvalue weighted by molar-refractivity contribution is 6.43. The maximum Gasteiger partial charge on any atom is 0.455 e. The fraction of sp³-hybridized carbons (Fsp3) is 0.300. The van der Waals surface area contributed by atoms with Gasteiger partial charge in [0.25, 0.3) is 0 Å². The summed E-state index contributed by atoms with van der Waals surface area (Å²) in [7, 11) is -1.00. The second kappa shape index (κ2) is 13.5. The fourth-order valence-electron chi connectivity index (χ4n) is 8.12. The number of allylic oxidation sites excluding steroid dienone is 2. The molecule has 48 heavy (non-hydrogen) atoms. The molecule has 0 aromatic heterocycles. The smallest absolute Gasteiger partial charge is 0.455 e. The average molecular weight is 641 g/mol. The number of nitrogens with one attached hydrogen (secondary N) is 1. The zero-order valence-electron chi connectivity index (χ0n) is 27.4. The third kappa shape index (κ3) is 6.06. The molecular formula is C40H41BN2O5. The number of fused-ring (bicyclic) bond motifs is 4. The zero-order valence-corrected chi connectivity index (χ0v) is 27.4. The van der Waals surface area contributed by atoms with Crippen molar-refractivity contribution >= 4 is 52.8 Å². The van der Waals surface area contributed by atoms with Gasteiger partial charge in [-0.3, -0.25) is 14.5 Å². The summed E-state index contributed by atoms with van der Waals surface area (Å²) in [6.45, 7) is 4.22. The number of benzene rings is 4. The highest BCUT2D eigenvalue weighted by Crippen LogP contribution is 2.51. The SMILES string of the molecule is CCC/C(=C\c1ccc(O)c2ccccc12)CC[C@H]1OB(O)C[C@H]2C1=C(C)C[C@H]1C(=O)N(c3ccc(Nc4ccccc4)cc3)C(=O)[C@H]12. The predicted octanol–water partition coefficient (Wildman–Crippen LogP) is 8.27. The molecule has 0 radical (unpaired) electrons. The number of para-hydroxylation sites is 1. The van der Waals surface area contributed by atoms with Gasteiger partial charge in [0.05, 0.1) is 23.6 Å². The van der Waals surface area contributed by atoms with Gasteiger partial charge in [0.2, 0.25) is 11.8 Å². The molecule has 0 spiro atoms. The molecule has 244 valence electrons. The highest BCUT2D eigenvalue weighted by Gasteiger charge is 2.57. The van der Waals surface area contributed by atoms with Gasteiger partial charge in [-0.1, -0.05) is 79.1 Å². The molecule has 3 aliphatic rings. The normalized spacial score (nSPS) is 22.7. The first-order valence-corrected chi connectivity index (χ1v) is 17.1. The maximum atomic E-state index is 14.1. The second-order valence-corrected chi connectivity index (χ2v) is 13.4. The van der Waals surface area contributed by atoms with Crippen LogP contribution in [0.25, 0.3) is 16.8 Å². The van der Waals surface area contributed by atoms with Crippen LogP contribution in [-0.2, 0) is 14.2 Å². The molecule has 8 heteroatoms. The summed E-state index contributed by atoms with van der Waals surface area (Å²) >= 11 is 0. The predicted molar refractivity (Wildman–Crippen MR) is 192 cm³/mol. The van der Waals surface area contributed by atoms with Gasteiger partial charge in [-0.05, 0) is 104 Å². The van der Waals surface area contributed by atoms with Gasteiger partial charge in [-0.15, -0.1) is 0 Å². The molecule has 7 rings (SSSR count). The molecule has 0 bridgehead atoms. The van der Waals surface area contributed by atoms with Crippen molar-refractivity contribution in [3.63, 3.8) is 0 Å². The van der Waals surface area contributed by atoms with Crippen molar-refractivity contribution < 1.29 is 24.4 Å². The van der Waals surface area contributed by atoms with Gasteiger partial charge in [-0.2, -0.15) is 0 Å². The summed E-state index contributed by atoms with van der Waals surface area (Å²) in [6, 6.07) is 28.8. The van der Waals surface area contributed by atoms with Crippen molar-refractivity contribution in [1.29, 1.82) is 0 Å². The molecule has 4 aromatic carbocycles. The number of carbonyl (C=O) groups excluding carboxylic acids is 2. The molecule has 2 heterocycles. The van der Waals surface area contributed by atoms with Crippen LogP contribution < -0.4 is 10.2 Å². The molecule has 4 atom stereocenters. The molecule has 0 unspecified atom stereocenters. The third-order valence-corrected chi connectivity index (χ3v) is 10.2. The summed E-state index contributed by atoms with van der Waals surface area (Å²) in [5.41, 5.74) is 6.89. The lowest BCUT2D eigenvalue weighted by Crippen LogP contribution is -2.46. The number of hydrogen-bond acceptors (Lipinski definition) is 6. The van der Waals surface area contributed by atoms with E-state index in [0.29, 0.717) is 24.8 Å². The first-order valence-electron chi connectivity index (χ1n) is 17.1. The Labute approximate surface area is 282 Å². The Morgan fingerprint density at radius 1 is 0.896 bits per heavy atom. The lowest BCUT2D eigenvalue weighted by Gasteiger charge is -2.42. The Kier molecular flexibility index (Phi) is 8.95. The quantitative estimate of drug-likeness (QED) is 0.0968. The molecule has 1 aliphatic carbocycles. The molecule has 4 aromatic rings. The summed E-state index contributed by atoms with van der Waals surface area (Å²) in [4.78, 5) is 29.3. The number of amides is 2. The fourth-order valence-corrected chi connectivity index (χ4v) is 8.12. The number of aromatic hydroxyl groups is 1. The molecule has 2 aliphatic heterocycles. The van der Waals surface area contributed by atoms with E-state index in [-0.39, 0.29) is 29.6 Å². The van der Waals surface area contributed by atoms with Crippen LogP contribution in [0, 0.1) is 17.8 Å². The summed E-state index contributed by atoms with van der Waals surface area (Å²) < 4.78 is 6.20. The van der Waals surface area contributed by atoms with Crippen molar-refractivity contribution in [2.45, 2.75) is 58.4 Å². The molecule has 2 amide bonds. The van der Waals surface area contributed by atoms with Crippen molar-refractivity contribution in [1.82, 2.24) is 0 Å². The van der Waals surface area contributed by atoms with Crippen LogP contribution in [0.3, 0.4) is 0 Å². The lowest BCUT2D eigenvalue weighted by atomic mass is 9.58. The molecule has 3 N–H and O–H groups in total. The molecule has 2 fully saturated rings. The van der Waals surface area contributed by atoms with Crippen molar-refractivity contribution in [3.8, 4) is 5.75 Å². The van der Waals surface area contributed by atoms with Gasteiger partial charge in [-0.25, -0.2) is 0 Å². The van der Waals surface area contributed by atoms with Gasteiger partial charge in [0, 0.05) is 16.8 Å². The van der Waals surface area contributed by atoms with Crippen LogP contribution in [0.15, 0.2) is 108 Å². The number of nitrogens with zero attached hydrogens (tertiary/aromatic N) is 1. The van der Waals surface area contributed by atoms with E-state index >= 15 is 0 Å². The topological polar surface area (TPSA) is 99.1 Å².